The van der Waals surface area contributed by atoms with E-state index in [0.29, 0.717) is 17.9 Å². The number of hydrogen-bond donors (Lipinski definition) is 0. The first-order valence-electron chi connectivity index (χ1n) is 13.6. The highest BCUT2D eigenvalue weighted by Crippen LogP contribution is 2.64. The Kier molecular flexibility index (Phi) is 6.46. The standard InChI is InChI=1S/C35H31BrO4/c1-21-13-15-22(16-14-21)19-35-25-11-7-5-9-23(25)30(24-10-6-8-12-26(24)35)31-27(40-33(38)34(2,3)4)17-18-28(32(31)35)39-29(37)20-36/h5-18,30H,19-20H2,1-4H3. The van der Waals surface area contributed by atoms with E-state index in [9.17, 15) is 9.59 Å². The van der Waals surface area contributed by atoms with Gasteiger partial charge < -0.3 is 9.47 Å². The van der Waals surface area contributed by atoms with Crippen molar-refractivity contribution in [2.45, 2.75) is 45.4 Å². The van der Waals surface area contributed by atoms with E-state index >= 15 is 0 Å². The van der Waals surface area contributed by atoms with Crippen LogP contribution >= 0.6 is 15.9 Å². The zero-order valence-electron chi connectivity index (χ0n) is 23.1. The summed E-state index contributed by atoms with van der Waals surface area (Å²) < 4.78 is 12.2. The second kappa shape index (κ2) is 9.74. The molecule has 2 bridgehead atoms. The van der Waals surface area contributed by atoms with Gasteiger partial charge in [-0.25, -0.2) is 0 Å². The normalized spacial score (nSPS) is 18.4. The molecular formula is C35H31BrO4. The lowest BCUT2D eigenvalue weighted by Crippen LogP contribution is -2.44. The Morgan fingerprint density at radius 1 is 0.800 bits per heavy atom. The van der Waals surface area contributed by atoms with Crippen LogP contribution in [0.2, 0.25) is 0 Å². The first kappa shape index (κ1) is 26.5. The molecule has 0 heterocycles. The van der Waals surface area contributed by atoms with E-state index in [0.717, 1.165) is 16.7 Å². The fraction of sp³-hybridized carbons (Fsp3) is 0.257. The zero-order valence-corrected chi connectivity index (χ0v) is 24.7. The Labute approximate surface area is 243 Å². The fourth-order valence-electron chi connectivity index (χ4n) is 6.34. The largest absolute Gasteiger partial charge is 0.426 e. The van der Waals surface area contributed by atoms with Crippen molar-refractivity contribution in [2.75, 3.05) is 5.33 Å². The predicted molar refractivity (Wildman–Crippen MR) is 160 cm³/mol. The van der Waals surface area contributed by atoms with Crippen molar-refractivity contribution in [1.82, 2.24) is 0 Å². The molecule has 0 unspecified atom stereocenters. The number of hydrogen-bond acceptors (Lipinski definition) is 4. The third-order valence-corrected chi connectivity index (χ3v) is 8.54. The van der Waals surface area contributed by atoms with Crippen LogP contribution in [-0.4, -0.2) is 17.3 Å². The monoisotopic (exact) mass is 594 g/mol. The minimum atomic E-state index is -0.683. The molecule has 0 atom stereocenters. The summed E-state index contributed by atoms with van der Waals surface area (Å²) in [5.74, 6) is 0.144. The van der Waals surface area contributed by atoms with E-state index in [4.69, 9.17) is 9.47 Å². The Balaban J connectivity index is 1.71. The van der Waals surface area contributed by atoms with Crippen LogP contribution in [0.4, 0.5) is 0 Å². The third-order valence-electron chi connectivity index (χ3n) is 8.08. The highest BCUT2D eigenvalue weighted by atomic mass is 79.9. The molecule has 7 rings (SSSR count). The van der Waals surface area contributed by atoms with Crippen LogP contribution in [0.5, 0.6) is 11.5 Å². The average Bonchev–Trinajstić information content (AvgIpc) is 2.95. The van der Waals surface area contributed by atoms with Gasteiger partial charge in [0.15, 0.2) is 0 Å². The van der Waals surface area contributed by atoms with Crippen LogP contribution in [0.3, 0.4) is 0 Å². The van der Waals surface area contributed by atoms with E-state index in [1.807, 2.05) is 20.8 Å². The van der Waals surface area contributed by atoms with E-state index in [-0.39, 0.29) is 23.2 Å². The van der Waals surface area contributed by atoms with Crippen molar-refractivity contribution in [3.8, 4) is 11.5 Å². The quantitative estimate of drug-likeness (QED) is 0.135. The van der Waals surface area contributed by atoms with Crippen LogP contribution in [0.25, 0.3) is 0 Å². The van der Waals surface area contributed by atoms with E-state index in [1.54, 1.807) is 12.1 Å². The number of benzene rings is 4. The van der Waals surface area contributed by atoms with E-state index < -0.39 is 10.8 Å². The molecule has 4 aromatic rings. The highest BCUT2D eigenvalue weighted by molar-refractivity contribution is 9.09. The van der Waals surface area contributed by atoms with Crippen LogP contribution < -0.4 is 9.47 Å². The maximum atomic E-state index is 13.2. The first-order chi connectivity index (χ1) is 19.1. The minimum Gasteiger partial charge on any atom is -0.426 e. The number of rotatable bonds is 5. The summed E-state index contributed by atoms with van der Waals surface area (Å²) in [4.78, 5) is 25.9. The van der Waals surface area contributed by atoms with Gasteiger partial charge in [-0.3, -0.25) is 9.59 Å². The van der Waals surface area contributed by atoms with Crippen LogP contribution in [0.15, 0.2) is 84.9 Å². The molecule has 202 valence electrons. The number of halogens is 1. The van der Waals surface area contributed by atoms with Crippen molar-refractivity contribution in [1.29, 1.82) is 0 Å². The summed E-state index contributed by atoms with van der Waals surface area (Å²) >= 11 is 3.26. The van der Waals surface area contributed by atoms with Gasteiger partial charge in [-0.2, -0.15) is 0 Å². The molecule has 40 heavy (non-hydrogen) atoms. The molecule has 0 aromatic heterocycles. The molecule has 0 amide bonds. The molecule has 3 aliphatic carbocycles. The molecule has 0 fully saturated rings. The fourth-order valence-corrected chi connectivity index (χ4v) is 6.46. The maximum absolute atomic E-state index is 13.2. The minimum absolute atomic E-state index is 0.0735. The number of ether oxygens (including phenoxy) is 2. The summed E-state index contributed by atoms with van der Waals surface area (Å²) in [5, 5.41) is 0.0735. The van der Waals surface area contributed by atoms with E-state index in [2.05, 4.69) is 95.7 Å². The molecule has 0 N–H and O–H groups in total. The van der Waals surface area contributed by atoms with Gasteiger partial charge in [0, 0.05) is 17.0 Å². The molecule has 0 saturated carbocycles. The Morgan fingerprint density at radius 2 is 1.38 bits per heavy atom. The topological polar surface area (TPSA) is 52.6 Å². The van der Waals surface area contributed by atoms with Gasteiger partial charge >= 0.3 is 11.9 Å². The first-order valence-corrected chi connectivity index (χ1v) is 14.7. The van der Waals surface area contributed by atoms with Crippen molar-refractivity contribution in [3.05, 3.63) is 129 Å². The molecule has 0 spiro atoms. The van der Waals surface area contributed by atoms with Crippen molar-refractivity contribution in [3.63, 3.8) is 0 Å². The van der Waals surface area contributed by atoms with Gasteiger partial charge in [0.2, 0.25) is 0 Å². The predicted octanol–water partition coefficient (Wildman–Crippen LogP) is 7.63. The summed E-state index contributed by atoms with van der Waals surface area (Å²) in [6.07, 6.45) is 0.649. The third kappa shape index (κ3) is 4.10. The van der Waals surface area contributed by atoms with Gasteiger partial charge in [-0.15, -0.1) is 0 Å². The number of alkyl halides is 1. The summed E-state index contributed by atoms with van der Waals surface area (Å²) in [5.41, 5.74) is 7.51. The molecular weight excluding hydrogens is 564 g/mol. The SMILES string of the molecule is Cc1ccc(CC23c4ccccc4C(c4ccccc42)c2c(OC(=O)C(C)(C)C)ccc(OC(=O)CBr)c23)cc1. The molecule has 0 aliphatic heterocycles. The molecule has 4 aromatic carbocycles. The van der Waals surface area contributed by atoms with E-state index in [1.165, 1.54) is 27.8 Å². The average molecular weight is 596 g/mol. The van der Waals surface area contributed by atoms with Crippen molar-refractivity contribution in [2.24, 2.45) is 5.41 Å². The second-order valence-corrected chi connectivity index (χ2v) is 12.3. The molecule has 0 radical (unpaired) electrons. The highest BCUT2D eigenvalue weighted by Gasteiger charge is 2.54. The van der Waals surface area contributed by atoms with Gasteiger partial charge in [-0.05, 0) is 74.1 Å². The van der Waals surface area contributed by atoms with Gasteiger partial charge in [0.25, 0.3) is 0 Å². The number of carbonyl (C=O) groups excluding carboxylic acids is 2. The Morgan fingerprint density at radius 3 is 1.95 bits per heavy atom. The summed E-state index contributed by atoms with van der Waals surface area (Å²) in [6, 6.07) is 29.2. The molecule has 5 heteroatoms. The number of esters is 2. The van der Waals surface area contributed by atoms with Crippen LogP contribution in [-0.2, 0) is 21.4 Å². The number of carbonyl (C=O) groups is 2. The Hall–Kier alpha value is -3.70. The Bertz CT molecular complexity index is 1600. The summed E-state index contributed by atoms with van der Waals surface area (Å²) in [7, 11) is 0. The maximum Gasteiger partial charge on any atom is 0.321 e. The molecule has 4 nitrogen and oxygen atoms in total. The van der Waals surface area contributed by atoms with Gasteiger partial charge in [0.05, 0.1) is 10.8 Å². The van der Waals surface area contributed by atoms with Crippen LogP contribution in [0, 0.1) is 12.3 Å². The van der Waals surface area contributed by atoms with Crippen molar-refractivity contribution >= 4 is 27.9 Å². The van der Waals surface area contributed by atoms with Crippen LogP contribution in [0.1, 0.15) is 71.2 Å². The smallest absolute Gasteiger partial charge is 0.321 e. The molecule has 3 aliphatic rings. The lowest BCUT2D eigenvalue weighted by molar-refractivity contribution is -0.143. The zero-order chi connectivity index (χ0) is 28.2. The number of aryl methyl sites for hydroxylation is 1. The lowest BCUT2D eigenvalue weighted by Gasteiger charge is -2.51. The molecule has 0 saturated heterocycles. The summed E-state index contributed by atoms with van der Waals surface area (Å²) in [6.45, 7) is 7.64. The van der Waals surface area contributed by atoms with Gasteiger partial charge in [0.1, 0.15) is 16.8 Å². The second-order valence-electron chi connectivity index (χ2n) is 11.8. The lowest BCUT2D eigenvalue weighted by atomic mass is 9.51. The van der Waals surface area contributed by atoms with Gasteiger partial charge in [-0.1, -0.05) is 94.3 Å². The van der Waals surface area contributed by atoms with Crippen molar-refractivity contribution < 1.29 is 19.1 Å².